The van der Waals surface area contributed by atoms with Crippen molar-refractivity contribution in [1.29, 1.82) is 0 Å². The zero-order chi connectivity index (χ0) is 11.3. The number of carboxylic acid groups (broad SMARTS) is 1. The molecule has 0 spiro atoms. The molecule has 82 valence electrons. The molecule has 1 unspecified atom stereocenters. The molecule has 1 atom stereocenters. The lowest BCUT2D eigenvalue weighted by Crippen LogP contribution is -2.58. The molecule has 1 aromatic rings. The van der Waals surface area contributed by atoms with Crippen molar-refractivity contribution in [2.24, 2.45) is 11.1 Å². The van der Waals surface area contributed by atoms with E-state index >= 15 is 0 Å². The molecule has 4 heteroatoms. The Labute approximate surface area is 88.1 Å². The van der Waals surface area contributed by atoms with Crippen LogP contribution in [0.2, 0.25) is 0 Å². The van der Waals surface area contributed by atoms with Gasteiger partial charge in [-0.25, -0.2) is 4.79 Å². The predicted octanol–water partition coefficient (Wildman–Crippen LogP) is 1.49. The van der Waals surface area contributed by atoms with Gasteiger partial charge >= 0.3 is 5.97 Å². The van der Waals surface area contributed by atoms with Crippen LogP contribution >= 0.6 is 0 Å². The van der Waals surface area contributed by atoms with Crippen molar-refractivity contribution in [2.75, 3.05) is 0 Å². The summed E-state index contributed by atoms with van der Waals surface area (Å²) in [5.41, 5.74) is 4.89. The van der Waals surface area contributed by atoms with Crippen LogP contribution in [0.15, 0.2) is 16.7 Å². The molecule has 15 heavy (non-hydrogen) atoms. The third-order valence-electron chi connectivity index (χ3n) is 3.55. The first-order valence-corrected chi connectivity index (χ1v) is 4.99. The Morgan fingerprint density at radius 3 is 2.87 bits per heavy atom. The van der Waals surface area contributed by atoms with Crippen LogP contribution in [0.25, 0.3) is 0 Å². The van der Waals surface area contributed by atoms with Crippen LogP contribution in [0.5, 0.6) is 0 Å². The van der Waals surface area contributed by atoms with Crippen LogP contribution in [-0.4, -0.2) is 11.1 Å². The first kappa shape index (κ1) is 10.2. The lowest BCUT2D eigenvalue weighted by atomic mass is 9.63. The fraction of sp³-hybridized carbons (Fsp3) is 0.545. The van der Waals surface area contributed by atoms with E-state index in [0.717, 1.165) is 12.8 Å². The van der Waals surface area contributed by atoms with E-state index in [-0.39, 0.29) is 0 Å². The SMILES string of the molecule is CC1(C)CCc2occc2C1(N)C(=O)O. The molecule has 0 amide bonds. The molecule has 3 N–H and O–H groups in total. The highest BCUT2D eigenvalue weighted by atomic mass is 16.4. The van der Waals surface area contributed by atoms with E-state index in [1.54, 1.807) is 6.07 Å². The standard InChI is InChI=1S/C11H15NO3/c1-10(2)5-3-8-7(4-6-15-8)11(10,12)9(13)14/h4,6H,3,5,12H2,1-2H3,(H,13,14). The number of hydrogen-bond acceptors (Lipinski definition) is 3. The van der Waals surface area contributed by atoms with Crippen molar-refractivity contribution in [3.8, 4) is 0 Å². The number of furan rings is 1. The van der Waals surface area contributed by atoms with Crippen LogP contribution in [0.1, 0.15) is 31.6 Å². The average Bonchev–Trinajstić information content (AvgIpc) is 2.60. The van der Waals surface area contributed by atoms with Crippen molar-refractivity contribution in [1.82, 2.24) is 0 Å². The van der Waals surface area contributed by atoms with E-state index in [2.05, 4.69) is 0 Å². The molecule has 1 aliphatic carbocycles. The molecular formula is C11H15NO3. The largest absolute Gasteiger partial charge is 0.480 e. The van der Waals surface area contributed by atoms with Gasteiger partial charge in [0.25, 0.3) is 0 Å². The number of aliphatic carboxylic acids is 1. The van der Waals surface area contributed by atoms with Gasteiger partial charge < -0.3 is 15.3 Å². The monoisotopic (exact) mass is 209 g/mol. The highest BCUT2D eigenvalue weighted by Gasteiger charge is 2.53. The Morgan fingerprint density at radius 1 is 1.60 bits per heavy atom. The topological polar surface area (TPSA) is 76.5 Å². The second kappa shape index (κ2) is 2.85. The van der Waals surface area contributed by atoms with Crippen molar-refractivity contribution >= 4 is 5.97 Å². The number of hydrogen-bond donors (Lipinski definition) is 2. The lowest BCUT2D eigenvalue weighted by Gasteiger charge is -2.43. The molecule has 0 aliphatic heterocycles. The first-order valence-electron chi connectivity index (χ1n) is 4.99. The van der Waals surface area contributed by atoms with Crippen molar-refractivity contribution in [2.45, 2.75) is 32.2 Å². The molecule has 0 saturated heterocycles. The molecule has 0 aromatic carbocycles. The quantitative estimate of drug-likeness (QED) is 0.734. The van der Waals surface area contributed by atoms with Crippen LogP contribution in [-0.2, 0) is 16.8 Å². The summed E-state index contributed by atoms with van der Waals surface area (Å²) in [6.45, 7) is 3.77. The van der Waals surface area contributed by atoms with Crippen LogP contribution < -0.4 is 5.73 Å². The van der Waals surface area contributed by atoms with Gasteiger partial charge in [0.1, 0.15) is 11.3 Å². The maximum atomic E-state index is 11.4. The highest BCUT2D eigenvalue weighted by molar-refractivity contribution is 5.82. The van der Waals surface area contributed by atoms with E-state index < -0.39 is 16.9 Å². The van der Waals surface area contributed by atoms with Gasteiger partial charge in [-0.2, -0.15) is 0 Å². The molecule has 1 aromatic heterocycles. The van der Waals surface area contributed by atoms with E-state index in [1.807, 2.05) is 13.8 Å². The van der Waals surface area contributed by atoms with Gasteiger partial charge in [0.05, 0.1) is 6.26 Å². The predicted molar refractivity (Wildman–Crippen MR) is 54.3 cm³/mol. The van der Waals surface area contributed by atoms with Gasteiger partial charge in [0.15, 0.2) is 0 Å². The molecular weight excluding hydrogens is 194 g/mol. The highest BCUT2D eigenvalue weighted by Crippen LogP contribution is 2.46. The zero-order valence-electron chi connectivity index (χ0n) is 8.91. The summed E-state index contributed by atoms with van der Waals surface area (Å²) in [5, 5.41) is 9.33. The molecule has 4 nitrogen and oxygen atoms in total. The van der Waals surface area contributed by atoms with Crippen LogP contribution in [0.4, 0.5) is 0 Å². The Balaban J connectivity index is 2.64. The summed E-state index contributed by atoms with van der Waals surface area (Å²) < 4.78 is 5.25. The summed E-state index contributed by atoms with van der Waals surface area (Å²) >= 11 is 0. The van der Waals surface area contributed by atoms with Gasteiger partial charge in [-0.15, -0.1) is 0 Å². The van der Waals surface area contributed by atoms with Crippen molar-refractivity contribution < 1.29 is 14.3 Å². The van der Waals surface area contributed by atoms with Gasteiger partial charge in [-0.3, -0.25) is 0 Å². The number of carbonyl (C=O) groups is 1. The summed E-state index contributed by atoms with van der Waals surface area (Å²) in [6, 6.07) is 1.67. The number of aryl methyl sites for hydroxylation is 1. The summed E-state index contributed by atoms with van der Waals surface area (Å²) in [6.07, 6.45) is 2.98. The number of nitrogens with two attached hydrogens (primary N) is 1. The van der Waals surface area contributed by atoms with Gasteiger partial charge in [-0.05, 0) is 17.9 Å². The molecule has 0 radical (unpaired) electrons. The molecule has 0 saturated carbocycles. The number of carboxylic acids is 1. The van der Waals surface area contributed by atoms with E-state index in [4.69, 9.17) is 10.2 Å². The Hall–Kier alpha value is -1.29. The zero-order valence-corrected chi connectivity index (χ0v) is 8.91. The van der Waals surface area contributed by atoms with Crippen LogP contribution in [0, 0.1) is 5.41 Å². The molecule has 1 heterocycles. The summed E-state index contributed by atoms with van der Waals surface area (Å²) in [5.74, 6) is -0.283. The molecule has 0 bridgehead atoms. The molecule has 0 fully saturated rings. The van der Waals surface area contributed by atoms with E-state index in [0.29, 0.717) is 11.3 Å². The fourth-order valence-electron chi connectivity index (χ4n) is 2.28. The summed E-state index contributed by atoms with van der Waals surface area (Å²) in [4.78, 5) is 11.4. The number of fused-ring (bicyclic) bond motifs is 1. The van der Waals surface area contributed by atoms with Gasteiger partial charge in [0, 0.05) is 12.0 Å². The second-order valence-corrected chi connectivity index (χ2v) is 4.75. The molecule has 1 aliphatic rings. The molecule has 2 rings (SSSR count). The lowest BCUT2D eigenvalue weighted by molar-refractivity contribution is -0.149. The normalized spacial score (nSPS) is 28.5. The summed E-state index contributed by atoms with van der Waals surface area (Å²) in [7, 11) is 0. The minimum absolute atomic E-state index is 0.463. The van der Waals surface area contributed by atoms with E-state index in [9.17, 15) is 9.90 Å². The Kier molecular flexibility index (Phi) is 1.95. The van der Waals surface area contributed by atoms with Gasteiger partial charge in [-0.1, -0.05) is 13.8 Å². The van der Waals surface area contributed by atoms with Crippen molar-refractivity contribution in [3.05, 3.63) is 23.7 Å². The third kappa shape index (κ3) is 1.14. The minimum atomic E-state index is -1.34. The maximum Gasteiger partial charge on any atom is 0.329 e. The van der Waals surface area contributed by atoms with E-state index in [1.165, 1.54) is 6.26 Å². The second-order valence-electron chi connectivity index (χ2n) is 4.75. The smallest absolute Gasteiger partial charge is 0.329 e. The number of rotatable bonds is 1. The maximum absolute atomic E-state index is 11.4. The first-order chi connectivity index (χ1) is 6.89. The van der Waals surface area contributed by atoms with Gasteiger partial charge in [0.2, 0.25) is 0 Å². The average molecular weight is 209 g/mol. The minimum Gasteiger partial charge on any atom is -0.480 e. The fourth-order valence-corrected chi connectivity index (χ4v) is 2.28. The van der Waals surface area contributed by atoms with Crippen molar-refractivity contribution in [3.63, 3.8) is 0 Å². The third-order valence-corrected chi connectivity index (χ3v) is 3.55. The Bertz CT molecular complexity index is 408. The van der Waals surface area contributed by atoms with Crippen LogP contribution in [0.3, 0.4) is 0 Å². The Morgan fingerprint density at radius 2 is 2.27 bits per heavy atom.